The molecule has 5 nitrogen and oxygen atoms in total. The summed E-state index contributed by atoms with van der Waals surface area (Å²) in [6, 6.07) is 4.17. The number of halogens is 1. The molecule has 1 aromatic carbocycles. The van der Waals surface area contributed by atoms with Gasteiger partial charge in [-0.25, -0.2) is 9.18 Å². The minimum atomic E-state index is -1.08. The molecule has 0 fully saturated rings. The Morgan fingerprint density at radius 3 is 2.85 bits per heavy atom. The molecule has 0 saturated heterocycles. The van der Waals surface area contributed by atoms with Crippen LogP contribution in [0.25, 0.3) is 6.08 Å². The molecule has 0 heterocycles. The molecule has 0 saturated carbocycles. The fourth-order valence-corrected chi connectivity index (χ4v) is 1.44. The maximum Gasteiger partial charge on any atom is 0.328 e. The Kier molecular flexibility index (Phi) is 6.39. The lowest BCUT2D eigenvalue weighted by Gasteiger charge is -2.07. The minimum Gasteiger partial charge on any atom is -0.478 e. The van der Waals surface area contributed by atoms with Gasteiger partial charge in [-0.05, 0) is 30.7 Å². The Bertz CT molecular complexity index is 514. The Hall–Kier alpha value is -2.21. The second-order valence-electron chi connectivity index (χ2n) is 3.94. The van der Waals surface area contributed by atoms with Gasteiger partial charge >= 0.3 is 5.97 Å². The van der Waals surface area contributed by atoms with Crippen molar-refractivity contribution >= 4 is 18.0 Å². The number of carbonyl (C=O) groups excluding carboxylic acids is 1. The van der Waals surface area contributed by atoms with E-state index in [0.29, 0.717) is 12.2 Å². The zero-order valence-corrected chi connectivity index (χ0v) is 11.1. The first-order chi connectivity index (χ1) is 9.52. The molecule has 0 aliphatic carbocycles. The second kappa shape index (κ2) is 8.06. The molecule has 6 heteroatoms. The van der Waals surface area contributed by atoms with E-state index in [-0.39, 0.29) is 24.6 Å². The summed E-state index contributed by atoms with van der Waals surface area (Å²) in [6.07, 6.45) is 2.32. The Labute approximate surface area is 116 Å². The molecule has 0 aliphatic heterocycles. The largest absolute Gasteiger partial charge is 0.478 e. The summed E-state index contributed by atoms with van der Waals surface area (Å²) in [5.41, 5.74) is 0.824. The summed E-state index contributed by atoms with van der Waals surface area (Å²) in [5, 5.41) is 11.0. The van der Waals surface area contributed by atoms with Crippen LogP contribution in [-0.4, -0.2) is 30.2 Å². The van der Waals surface area contributed by atoms with Gasteiger partial charge in [0.15, 0.2) is 0 Å². The fraction of sp³-hybridized carbons (Fsp3) is 0.286. The summed E-state index contributed by atoms with van der Waals surface area (Å²) < 4.78 is 18.5. The number of rotatable bonds is 7. The van der Waals surface area contributed by atoms with Crippen LogP contribution < -0.4 is 5.32 Å². The van der Waals surface area contributed by atoms with Crippen LogP contribution in [0.1, 0.15) is 18.1 Å². The van der Waals surface area contributed by atoms with Crippen LogP contribution in [0.3, 0.4) is 0 Å². The van der Waals surface area contributed by atoms with Gasteiger partial charge in [-0.1, -0.05) is 6.07 Å². The summed E-state index contributed by atoms with van der Waals surface area (Å²) in [5.74, 6) is -1.88. The van der Waals surface area contributed by atoms with E-state index >= 15 is 0 Å². The summed E-state index contributed by atoms with van der Waals surface area (Å²) >= 11 is 0. The molecule has 1 aromatic rings. The van der Waals surface area contributed by atoms with Gasteiger partial charge in [0.1, 0.15) is 12.4 Å². The lowest BCUT2D eigenvalue weighted by atomic mass is 10.1. The number of aliphatic carboxylic acids is 1. The maximum absolute atomic E-state index is 13.5. The molecule has 0 spiro atoms. The number of hydrogen-bond donors (Lipinski definition) is 2. The first-order valence-electron chi connectivity index (χ1n) is 6.06. The second-order valence-corrected chi connectivity index (χ2v) is 3.94. The van der Waals surface area contributed by atoms with Gasteiger partial charge in [-0.2, -0.15) is 0 Å². The predicted octanol–water partition coefficient (Wildman–Crippen LogP) is 1.58. The Balaban J connectivity index is 2.67. The Morgan fingerprint density at radius 2 is 2.20 bits per heavy atom. The van der Waals surface area contributed by atoms with E-state index in [1.165, 1.54) is 24.3 Å². The molecule has 2 N–H and O–H groups in total. The first-order valence-corrected chi connectivity index (χ1v) is 6.06. The number of nitrogens with one attached hydrogen (secondary N) is 1. The number of hydrogen-bond acceptors (Lipinski definition) is 3. The molecule has 0 aliphatic rings. The van der Waals surface area contributed by atoms with Gasteiger partial charge in [-0.3, -0.25) is 4.79 Å². The molecule has 1 amide bonds. The van der Waals surface area contributed by atoms with Crippen molar-refractivity contribution in [2.24, 2.45) is 0 Å². The van der Waals surface area contributed by atoms with Crippen molar-refractivity contribution in [1.82, 2.24) is 5.32 Å². The van der Waals surface area contributed by atoms with Gasteiger partial charge < -0.3 is 15.2 Å². The maximum atomic E-state index is 13.5. The number of carbonyl (C=O) groups is 2. The first kappa shape index (κ1) is 15.8. The van der Waals surface area contributed by atoms with Crippen LogP contribution in [0.15, 0.2) is 24.3 Å². The van der Waals surface area contributed by atoms with Gasteiger partial charge in [0.05, 0.1) is 0 Å². The summed E-state index contributed by atoms with van der Waals surface area (Å²) in [4.78, 5) is 21.7. The molecule has 0 atom stereocenters. The van der Waals surface area contributed by atoms with E-state index in [2.05, 4.69) is 5.32 Å². The number of benzene rings is 1. The van der Waals surface area contributed by atoms with Gasteiger partial charge in [0.2, 0.25) is 5.91 Å². The van der Waals surface area contributed by atoms with Crippen LogP contribution >= 0.6 is 0 Å². The topological polar surface area (TPSA) is 75.6 Å². The molecule has 0 aromatic heterocycles. The van der Waals surface area contributed by atoms with Gasteiger partial charge in [-0.15, -0.1) is 0 Å². The molecule has 20 heavy (non-hydrogen) atoms. The highest BCUT2D eigenvalue weighted by atomic mass is 19.1. The lowest BCUT2D eigenvalue weighted by molar-refractivity contribution is -0.131. The highest BCUT2D eigenvalue weighted by Crippen LogP contribution is 2.12. The monoisotopic (exact) mass is 281 g/mol. The van der Waals surface area contributed by atoms with E-state index < -0.39 is 11.8 Å². The van der Waals surface area contributed by atoms with E-state index in [0.717, 1.165) is 6.08 Å². The standard InChI is InChI=1S/C14H16FNO4/c1-2-20-9-13(17)16-8-11-7-10(3-5-12(11)15)4-6-14(18)19/h3-7H,2,8-9H2,1H3,(H,16,17)(H,18,19). The van der Waals surface area contributed by atoms with Crippen molar-refractivity contribution < 1.29 is 23.8 Å². The van der Waals surface area contributed by atoms with E-state index in [9.17, 15) is 14.0 Å². The van der Waals surface area contributed by atoms with Crippen molar-refractivity contribution in [3.8, 4) is 0 Å². The van der Waals surface area contributed by atoms with Crippen LogP contribution in [0.4, 0.5) is 4.39 Å². The number of carboxylic acids is 1. The number of carboxylic acid groups (broad SMARTS) is 1. The van der Waals surface area contributed by atoms with Crippen molar-refractivity contribution in [3.05, 3.63) is 41.2 Å². The smallest absolute Gasteiger partial charge is 0.328 e. The highest BCUT2D eigenvalue weighted by molar-refractivity contribution is 5.85. The van der Waals surface area contributed by atoms with Crippen molar-refractivity contribution in [3.63, 3.8) is 0 Å². The average molecular weight is 281 g/mol. The zero-order valence-electron chi connectivity index (χ0n) is 11.1. The van der Waals surface area contributed by atoms with Gasteiger partial charge in [0, 0.05) is 24.8 Å². The lowest BCUT2D eigenvalue weighted by Crippen LogP contribution is -2.27. The molecule has 0 bridgehead atoms. The SMILES string of the molecule is CCOCC(=O)NCc1cc(C=CC(=O)O)ccc1F. The number of ether oxygens (including phenoxy) is 1. The van der Waals surface area contributed by atoms with E-state index in [1.807, 2.05) is 0 Å². The van der Waals surface area contributed by atoms with Crippen molar-refractivity contribution in [2.45, 2.75) is 13.5 Å². The van der Waals surface area contributed by atoms with Crippen molar-refractivity contribution in [2.75, 3.05) is 13.2 Å². The van der Waals surface area contributed by atoms with Crippen LogP contribution in [0.2, 0.25) is 0 Å². The van der Waals surface area contributed by atoms with E-state index in [1.54, 1.807) is 6.92 Å². The van der Waals surface area contributed by atoms with Crippen LogP contribution in [-0.2, 0) is 20.9 Å². The van der Waals surface area contributed by atoms with Crippen LogP contribution in [0, 0.1) is 5.82 Å². The molecule has 0 unspecified atom stereocenters. The minimum absolute atomic E-state index is 0.0203. The number of amides is 1. The molecule has 108 valence electrons. The van der Waals surface area contributed by atoms with Crippen molar-refractivity contribution in [1.29, 1.82) is 0 Å². The quantitative estimate of drug-likeness (QED) is 0.744. The molecular weight excluding hydrogens is 265 g/mol. The molecular formula is C14H16FNO4. The summed E-state index contributed by atoms with van der Waals surface area (Å²) in [7, 11) is 0. The Morgan fingerprint density at radius 1 is 1.45 bits per heavy atom. The average Bonchev–Trinajstić information content (AvgIpc) is 2.42. The fourth-order valence-electron chi connectivity index (χ4n) is 1.44. The van der Waals surface area contributed by atoms with Gasteiger partial charge in [0.25, 0.3) is 0 Å². The third kappa shape index (κ3) is 5.62. The van der Waals surface area contributed by atoms with E-state index in [4.69, 9.17) is 9.84 Å². The third-order valence-electron chi connectivity index (χ3n) is 2.40. The zero-order chi connectivity index (χ0) is 15.0. The van der Waals surface area contributed by atoms with Crippen LogP contribution in [0.5, 0.6) is 0 Å². The molecule has 1 rings (SSSR count). The normalized spacial score (nSPS) is 10.7. The predicted molar refractivity (Wildman–Crippen MR) is 71.4 cm³/mol. The third-order valence-corrected chi connectivity index (χ3v) is 2.40. The highest BCUT2D eigenvalue weighted by Gasteiger charge is 2.06. The molecule has 0 radical (unpaired) electrons. The summed E-state index contributed by atoms with van der Waals surface area (Å²) in [6.45, 7) is 2.14.